The van der Waals surface area contributed by atoms with Crippen LogP contribution < -0.4 is 5.32 Å². The lowest BCUT2D eigenvalue weighted by Gasteiger charge is -2.32. The molecule has 0 radical (unpaired) electrons. The topological polar surface area (TPSA) is 66.7 Å². The molecule has 2 N–H and O–H groups in total. The van der Waals surface area contributed by atoms with Crippen molar-refractivity contribution >= 4 is 22.6 Å². The lowest BCUT2D eigenvalue weighted by molar-refractivity contribution is 0.0367. The molecule has 38 heavy (non-hydrogen) atoms. The van der Waals surface area contributed by atoms with Crippen LogP contribution in [0.15, 0.2) is 36.4 Å². The summed E-state index contributed by atoms with van der Waals surface area (Å²) in [4.78, 5) is 14.3. The zero-order valence-corrected chi connectivity index (χ0v) is 21.6. The molecule has 0 bridgehead atoms. The Morgan fingerprint density at radius 3 is 2.68 bits per heavy atom. The summed E-state index contributed by atoms with van der Waals surface area (Å²) in [6, 6.07) is 10.3. The van der Waals surface area contributed by atoms with E-state index in [-0.39, 0.29) is 23.3 Å². The van der Waals surface area contributed by atoms with Crippen LogP contribution >= 0.6 is 0 Å². The number of rotatable bonds is 5. The van der Waals surface area contributed by atoms with Crippen LogP contribution in [0.5, 0.6) is 0 Å². The first-order valence-electron chi connectivity index (χ1n) is 13.9. The Bertz CT molecular complexity index is 1330. The fourth-order valence-electron chi connectivity index (χ4n) is 6.63. The van der Waals surface area contributed by atoms with Crippen molar-refractivity contribution in [1.29, 1.82) is 0 Å². The number of fused-ring (bicyclic) bond motifs is 5. The number of alkyl halides is 1. The fourth-order valence-corrected chi connectivity index (χ4v) is 6.63. The second kappa shape index (κ2) is 10.7. The monoisotopic (exact) mass is 523 g/mol. The van der Waals surface area contributed by atoms with Gasteiger partial charge in [0.25, 0.3) is 0 Å². The van der Waals surface area contributed by atoms with Crippen LogP contribution in [0.3, 0.4) is 0 Å². The van der Waals surface area contributed by atoms with E-state index in [9.17, 15) is 9.90 Å². The number of benzene rings is 2. The molecule has 6 rings (SSSR count). The van der Waals surface area contributed by atoms with Gasteiger partial charge in [0, 0.05) is 54.6 Å². The molecule has 8 heteroatoms. The van der Waals surface area contributed by atoms with Gasteiger partial charge in [0.1, 0.15) is 12.0 Å². The molecule has 0 amide bonds. The van der Waals surface area contributed by atoms with E-state index in [0.29, 0.717) is 18.7 Å². The van der Waals surface area contributed by atoms with E-state index in [0.717, 1.165) is 92.7 Å². The number of hydrogen-bond acceptors (Lipinski definition) is 4. The van der Waals surface area contributed by atoms with Crippen LogP contribution in [0.1, 0.15) is 60.4 Å². The van der Waals surface area contributed by atoms with Crippen molar-refractivity contribution in [3.8, 4) is 11.3 Å². The van der Waals surface area contributed by atoms with Crippen LogP contribution in [-0.2, 0) is 11.3 Å². The maximum absolute atomic E-state index is 15.5. The van der Waals surface area contributed by atoms with Gasteiger partial charge in [0.15, 0.2) is 0 Å². The predicted octanol–water partition coefficient (Wildman–Crippen LogP) is 6.05. The smallest absolute Gasteiger partial charge is 0.335 e. The number of carboxylic acids is 1. The minimum atomic E-state index is -0.993. The van der Waals surface area contributed by atoms with Crippen molar-refractivity contribution in [1.82, 2.24) is 9.47 Å². The highest BCUT2D eigenvalue weighted by Crippen LogP contribution is 2.48. The van der Waals surface area contributed by atoms with Crippen LogP contribution in [0.4, 0.5) is 14.5 Å². The molecule has 2 unspecified atom stereocenters. The van der Waals surface area contributed by atoms with Gasteiger partial charge in [-0.25, -0.2) is 13.6 Å². The number of anilines is 1. The number of halogens is 2. The molecule has 3 aliphatic rings. The highest BCUT2D eigenvalue weighted by Gasteiger charge is 2.35. The quantitative estimate of drug-likeness (QED) is 0.426. The largest absolute Gasteiger partial charge is 0.478 e. The van der Waals surface area contributed by atoms with E-state index in [1.54, 1.807) is 18.2 Å². The standard InChI is InChI=1S/C30H35F2N3O3/c31-24-6-2-1-4-21(24)27-22-9-8-19(30(36)37)18-26(22)35-13-11-20(10-12-34-14-16-38-17-15-34)33-28-23(29(27)35)5-3-7-25(28)32/h3,5,7-9,18,20-21,24,33H,1-2,4,6,10-17H2,(H,36,37)/t20?,21?,24-/m0/s1. The minimum absolute atomic E-state index is 0.0359. The lowest BCUT2D eigenvalue weighted by atomic mass is 9.80. The molecule has 2 aromatic carbocycles. The van der Waals surface area contributed by atoms with Gasteiger partial charge in [-0.1, -0.05) is 31.0 Å². The molecule has 1 saturated carbocycles. The Balaban J connectivity index is 1.48. The molecule has 202 valence electrons. The Morgan fingerprint density at radius 2 is 1.89 bits per heavy atom. The summed E-state index contributed by atoms with van der Waals surface area (Å²) in [5.74, 6) is -1.62. The number of ether oxygens (including phenoxy) is 1. The van der Waals surface area contributed by atoms with Crippen molar-refractivity contribution in [2.45, 2.75) is 63.2 Å². The fraction of sp³-hybridized carbons (Fsp3) is 0.500. The van der Waals surface area contributed by atoms with Crippen molar-refractivity contribution < 1.29 is 23.4 Å². The van der Waals surface area contributed by atoms with E-state index in [1.807, 2.05) is 12.1 Å². The number of para-hydroxylation sites is 1. The third-order valence-electron chi connectivity index (χ3n) is 8.62. The normalized spacial score (nSPS) is 24.2. The van der Waals surface area contributed by atoms with Gasteiger partial charge >= 0.3 is 5.97 Å². The molecule has 3 aromatic rings. The Labute approximate surface area is 221 Å². The van der Waals surface area contributed by atoms with E-state index < -0.39 is 12.1 Å². The molecule has 6 nitrogen and oxygen atoms in total. The number of aromatic nitrogens is 1. The van der Waals surface area contributed by atoms with Crippen LogP contribution in [0, 0.1) is 5.82 Å². The number of nitrogens with zero attached hydrogens (tertiary/aromatic N) is 2. The molecule has 1 aliphatic carbocycles. The summed E-state index contributed by atoms with van der Waals surface area (Å²) in [5.41, 5.74) is 3.89. The van der Waals surface area contributed by atoms with Crippen LogP contribution in [0.25, 0.3) is 22.2 Å². The van der Waals surface area contributed by atoms with E-state index >= 15 is 8.78 Å². The van der Waals surface area contributed by atoms with Crippen molar-refractivity contribution in [3.05, 3.63) is 53.3 Å². The van der Waals surface area contributed by atoms with Crippen molar-refractivity contribution in [3.63, 3.8) is 0 Å². The first kappa shape index (κ1) is 25.3. The second-order valence-corrected chi connectivity index (χ2v) is 10.9. The average Bonchev–Trinajstić information content (AvgIpc) is 3.23. The minimum Gasteiger partial charge on any atom is -0.478 e. The molecule has 2 fully saturated rings. The summed E-state index contributed by atoms with van der Waals surface area (Å²) in [6.07, 6.45) is 3.68. The van der Waals surface area contributed by atoms with Crippen LogP contribution in [0.2, 0.25) is 0 Å². The number of morpholine rings is 1. The first-order valence-corrected chi connectivity index (χ1v) is 13.9. The summed E-state index contributed by atoms with van der Waals surface area (Å²) >= 11 is 0. The Morgan fingerprint density at radius 1 is 1.08 bits per heavy atom. The summed E-state index contributed by atoms with van der Waals surface area (Å²) in [7, 11) is 0. The summed E-state index contributed by atoms with van der Waals surface area (Å²) in [6.45, 7) is 4.80. The number of aryl methyl sites for hydroxylation is 1. The zero-order chi connectivity index (χ0) is 26.2. The Kier molecular flexibility index (Phi) is 7.10. The average molecular weight is 524 g/mol. The third-order valence-corrected chi connectivity index (χ3v) is 8.62. The Hall–Kier alpha value is -2.97. The van der Waals surface area contributed by atoms with Gasteiger partial charge in [-0.2, -0.15) is 0 Å². The van der Waals surface area contributed by atoms with Gasteiger partial charge in [-0.15, -0.1) is 0 Å². The van der Waals surface area contributed by atoms with E-state index in [1.165, 1.54) is 6.07 Å². The molecule has 1 aromatic heterocycles. The van der Waals surface area contributed by atoms with Gasteiger partial charge in [-0.05, 0) is 49.4 Å². The molecule has 1 saturated heterocycles. The first-order chi connectivity index (χ1) is 18.5. The maximum Gasteiger partial charge on any atom is 0.335 e. The molecule has 3 atom stereocenters. The van der Waals surface area contributed by atoms with E-state index in [4.69, 9.17) is 4.74 Å². The zero-order valence-electron chi connectivity index (χ0n) is 21.6. The van der Waals surface area contributed by atoms with Crippen molar-refractivity contribution in [2.24, 2.45) is 0 Å². The van der Waals surface area contributed by atoms with E-state index in [2.05, 4.69) is 14.8 Å². The highest BCUT2D eigenvalue weighted by atomic mass is 19.1. The third kappa shape index (κ3) is 4.69. The van der Waals surface area contributed by atoms with Crippen molar-refractivity contribution in [2.75, 3.05) is 38.2 Å². The predicted molar refractivity (Wildman–Crippen MR) is 144 cm³/mol. The molecule has 2 aliphatic heterocycles. The number of aromatic carboxylic acids is 1. The second-order valence-electron chi connectivity index (χ2n) is 10.9. The SMILES string of the molecule is O=C(O)c1ccc2c(C3CCCC[C@@H]3F)c3n(c2c1)CCC(CCN1CCOCC1)Nc1c(F)cccc1-3. The highest BCUT2D eigenvalue weighted by molar-refractivity contribution is 5.99. The number of carboxylic acid groups (broad SMARTS) is 1. The van der Waals surface area contributed by atoms with Gasteiger partial charge in [0.2, 0.25) is 0 Å². The molecular formula is C30H35F2N3O3. The molecular weight excluding hydrogens is 488 g/mol. The lowest BCUT2D eigenvalue weighted by Crippen LogP contribution is -2.39. The molecule has 0 spiro atoms. The van der Waals surface area contributed by atoms with Crippen LogP contribution in [-0.4, -0.2) is 65.6 Å². The maximum atomic E-state index is 15.5. The van der Waals surface area contributed by atoms with Gasteiger partial charge in [0.05, 0.1) is 30.2 Å². The summed E-state index contributed by atoms with van der Waals surface area (Å²) < 4.78 is 38.6. The molecule has 3 heterocycles. The summed E-state index contributed by atoms with van der Waals surface area (Å²) in [5, 5.41) is 14.1. The van der Waals surface area contributed by atoms with Gasteiger partial charge < -0.3 is 19.7 Å². The number of hydrogen-bond donors (Lipinski definition) is 2. The van der Waals surface area contributed by atoms with Gasteiger partial charge in [-0.3, -0.25) is 4.90 Å². The number of carbonyl (C=O) groups is 1. The number of nitrogens with one attached hydrogen (secondary N) is 1.